The molecule has 0 amide bonds. The zero-order valence-electron chi connectivity index (χ0n) is 12.1. The molecule has 19 heavy (non-hydrogen) atoms. The van der Waals surface area contributed by atoms with Crippen LogP contribution in [0.4, 0.5) is 0 Å². The Labute approximate surface area is 115 Å². The second-order valence-electron chi connectivity index (χ2n) is 5.34. The van der Waals surface area contributed by atoms with E-state index in [9.17, 15) is 5.11 Å². The number of fused-ring (bicyclic) bond motifs is 1. The molecule has 0 aliphatic rings. The maximum atomic E-state index is 10.1. The maximum absolute atomic E-state index is 10.1. The molecule has 0 bridgehead atoms. The zero-order valence-corrected chi connectivity index (χ0v) is 12.1. The Kier molecular flexibility index (Phi) is 4.43. The molecule has 2 heteroatoms. The lowest BCUT2D eigenvalue weighted by Gasteiger charge is -2.25. The summed E-state index contributed by atoms with van der Waals surface area (Å²) in [6.45, 7) is 5.24. The van der Waals surface area contributed by atoms with Gasteiger partial charge in [-0.25, -0.2) is 0 Å². The highest BCUT2D eigenvalue weighted by Gasteiger charge is 2.13. The largest absolute Gasteiger partial charge is 0.508 e. The number of aromatic hydroxyl groups is 1. The van der Waals surface area contributed by atoms with Crippen molar-refractivity contribution < 1.29 is 5.11 Å². The standard InChI is InChI=1S/C17H23NO/c1-4-7-13(2)18(3)12-16-15-9-6-5-8-14(15)10-11-17(16)19/h5-6,8-11,13,19H,4,7,12H2,1-3H3. The number of nitrogens with zero attached hydrogens (tertiary/aromatic N) is 1. The molecule has 0 aliphatic heterocycles. The van der Waals surface area contributed by atoms with Gasteiger partial charge < -0.3 is 5.11 Å². The normalized spacial score (nSPS) is 13.1. The van der Waals surface area contributed by atoms with Crippen LogP contribution in [0.15, 0.2) is 36.4 Å². The molecule has 0 fully saturated rings. The van der Waals surface area contributed by atoms with Crippen molar-refractivity contribution in [3.8, 4) is 5.75 Å². The topological polar surface area (TPSA) is 23.5 Å². The highest BCUT2D eigenvalue weighted by molar-refractivity contribution is 5.87. The lowest BCUT2D eigenvalue weighted by Crippen LogP contribution is -2.28. The number of phenols is 1. The van der Waals surface area contributed by atoms with Gasteiger partial charge in [-0.15, -0.1) is 0 Å². The van der Waals surface area contributed by atoms with Crippen LogP contribution in [0.25, 0.3) is 10.8 Å². The van der Waals surface area contributed by atoms with Gasteiger partial charge in [0.05, 0.1) is 0 Å². The summed E-state index contributed by atoms with van der Waals surface area (Å²) >= 11 is 0. The van der Waals surface area contributed by atoms with Crippen LogP contribution in [0.5, 0.6) is 5.75 Å². The van der Waals surface area contributed by atoms with Gasteiger partial charge >= 0.3 is 0 Å². The number of hydrogen-bond donors (Lipinski definition) is 1. The minimum absolute atomic E-state index is 0.397. The number of phenolic OH excluding ortho intramolecular Hbond substituents is 1. The van der Waals surface area contributed by atoms with Gasteiger partial charge in [-0.05, 0) is 37.2 Å². The summed E-state index contributed by atoms with van der Waals surface area (Å²) in [7, 11) is 2.13. The SMILES string of the molecule is CCCC(C)N(C)Cc1c(O)ccc2ccccc12. The number of hydrogen-bond acceptors (Lipinski definition) is 2. The van der Waals surface area contributed by atoms with Crippen LogP contribution in [0.2, 0.25) is 0 Å². The summed E-state index contributed by atoms with van der Waals surface area (Å²) < 4.78 is 0. The van der Waals surface area contributed by atoms with Crippen LogP contribution in [-0.2, 0) is 6.54 Å². The molecule has 1 atom stereocenters. The third-order valence-electron chi connectivity index (χ3n) is 3.88. The van der Waals surface area contributed by atoms with Gasteiger partial charge in [-0.2, -0.15) is 0 Å². The van der Waals surface area contributed by atoms with Crippen LogP contribution in [0.1, 0.15) is 32.3 Å². The van der Waals surface area contributed by atoms with E-state index < -0.39 is 0 Å². The highest BCUT2D eigenvalue weighted by atomic mass is 16.3. The first kappa shape index (κ1) is 13.9. The van der Waals surface area contributed by atoms with E-state index in [2.05, 4.69) is 37.9 Å². The van der Waals surface area contributed by atoms with E-state index in [4.69, 9.17) is 0 Å². The zero-order chi connectivity index (χ0) is 13.8. The molecule has 2 aromatic rings. The first-order chi connectivity index (χ1) is 9.13. The summed E-state index contributed by atoms with van der Waals surface area (Å²) in [5.74, 6) is 0.397. The van der Waals surface area contributed by atoms with E-state index in [-0.39, 0.29) is 0 Å². The van der Waals surface area contributed by atoms with Crippen molar-refractivity contribution in [2.24, 2.45) is 0 Å². The van der Waals surface area contributed by atoms with E-state index in [0.29, 0.717) is 11.8 Å². The molecule has 2 nitrogen and oxygen atoms in total. The third-order valence-corrected chi connectivity index (χ3v) is 3.88. The van der Waals surface area contributed by atoms with Crippen LogP contribution in [-0.4, -0.2) is 23.1 Å². The fraction of sp³-hybridized carbons (Fsp3) is 0.412. The van der Waals surface area contributed by atoms with Crippen LogP contribution in [0, 0.1) is 0 Å². The van der Waals surface area contributed by atoms with E-state index in [1.54, 1.807) is 6.07 Å². The molecule has 0 aliphatic carbocycles. The summed E-state index contributed by atoms with van der Waals surface area (Å²) in [4.78, 5) is 2.31. The third kappa shape index (κ3) is 3.07. The maximum Gasteiger partial charge on any atom is 0.120 e. The van der Waals surface area contributed by atoms with Crippen LogP contribution in [0.3, 0.4) is 0 Å². The average Bonchev–Trinajstić information content (AvgIpc) is 2.42. The average molecular weight is 257 g/mol. The van der Waals surface area contributed by atoms with Crippen molar-refractivity contribution >= 4 is 10.8 Å². The molecule has 1 unspecified atom stereocenters. The molecule has 0 saturated carbocycles. The second-order valence-corrected chi connectivity index (χ2v) is 5.34. The lowest BCUT2D eigenvalue weighted by molar-refractivity contribution is 0.235. The molecule has 2 aromatic carbocycles. The van der Waals surface area contributed by atoms with Gasteiger partial charge in [-0.1, -0.05) is 43.7 Å². The van der Waals surface area contributed by atoms with Gasteiger partial charge in [-0.3, -0.25) is 4.90 Å². The molecule has 2 rings (SSSR count). The molecular formula is C17H23NO. The van der Waals surface area contributed by atoms with E-state index in [1.807, 2.05) is 18.2 Å². The van der Waals surface area contributed by atoms with Crippen molar-refractivity contribution in [1.82, 2.24) is 4.90 Å². The fourth-order valence-electron chi connectivity index (χ4n) is 2.53. The predicted octanol–water partition coefficient (Wildman–Crippen LogP) is 4.17. The Bertz CT molecular complexity index is 550. The minimum atomic E-state index is 0.397. The first-order valence-electron chi connectivity index (χ1n) is 7.03. The van der Waals surface area contributed by atoms with Crippen molar-refractivity contribution in [3.05, 3.63) is 42.0 Å². The Balaban J connectivity index is 2.31. The number of benzene rings is 2. The molecule has 0 radical (unpaired) electrons. The van der Waals surface area contributed by atoms with Crippen molar-refractivity contribution in [1.29, 1.82) is 0 Å². The molecule has 0 saturated heterocycles. The van der Waals surface area contributed by atoms with Crippen molar-refractivity contribution in [3.63, 3.8) is 0 Å². The Morgan fingerprint density at radius 1 is 1.16 bits per heavy atom. The molecule has 0 heterocycles. The summed E-state index contributed by atoms with van der Waals surface area (Å²) in [6, 6.07) is 12.5. The minimum Gasteiger partial charge on any atom is -0.508 e. The van der Waals surface area contributed by atoms with E-state index in [1.165, 1.54) is 18.2 Å². The van der Waals surface area contributed by atoms with Gasteiger partial charge in [0, 0.05) is 18.2 Å². The fourth-order valence-corrected chi connectivity index (χ4v) is 2.53. The van der Waals surface area contributed by atoms with E-state index >= 15 is 0 Å². The first-order valence-corrected chi connectivity index (χ1v) is 7.03. The molecule has 0 aromatic heterocycles. The number of rotatable bonds is 5. The van der Waals surface area contributed by atoms with Crippen LogP contribution < -0.4 is 0 Å². The predicted molar refractivity (Wildman–Crippen MR) is 81.4 cm³/mol. The molecule has 1 N–H and O–H groups in total. The van der Waals surface area contributed by atoms with Crippen molar-refractivity contribution in [2.75, 3.05) is 7.05 Å². The second kappa shape index (κ2) is 6.07. The molecule has 102 valence electrons. The quantitative estimate of drug-likeness (QED) is 0.869. The molecular weight excluding hydrogens is 234 g/mol. The highest BCUT2D eigenvalue weighted by Crippen LogP contribution is 2.28. The lowest BCUT2D eigenvalue weighted by atomic mass is 10.0. The smallest absolute Gasteiger partial charge is 0.120 e. The monoisotopic (exact) mass is 257 g/mol. The summed E-state index contributed by atoms with van der Waals surface area (Å²) in [5, 5.41) is 12.5. The summed E-state index contributed by atoms with van der Waals surface area (Å²) in [6.07, 6.45) is 2.37. The van der Waals surface area contributed by atoms with Crippen LogP contribution >= 0.6 is 0 Å². The Morgan fingerprint density at radius 3 is 2.63 bits per heavy atom. The van der Waals surface area contributed by atoms with Gasteiger partial charge in [0.25, 0.3) is 0 Å². The Morgan fingerprint density at radius 2 is 1.89 bits per heavy atom. The molecule has 0 spiro atoms. The van der Waals surface area contributed by atoms with Gasteiger partial charge in [0.1, 0.15) is 5.75 Å². The van der Waals surface area contributed by atoms with Crippen molar-refractivity contribution in [2.45, 2.75) is 39.3 Å². The van der Waals surface area contributed by atoms with E-state index in [0.717, 1.165) is 17.5 Å². The summed E-state index contributed by atoms with van der Waals surface area (Å²) in [5.41, 5.74) is 1.03. The van der Waals surface area contributed by atoms with Gasteiger partial charge in [0.2, 0.25) is 0 Å². The Hall–Kier alpha value is -1.54. The van der Waals surface area contributed by atoms with Gasteiger partial charge in [0.15, 0.2) is 0 Å².